The van der Waals surface area contributed by atoms with Gasteiger partial charge in [-0.05, 0) is 43.1 Å². The van der Waals surface area contributed by atoms with Crippen LogP contribution >= 0.6 is 11.8 Å². The molecule has 1 atom stereocenters. The molecule has 0 aliphatic heterocycles. The zero-order valence-electron chi connectivity index (χ0n) is 8.53. The molecule has 4 heteroatoms. The van der Waals surface area contributed by atoms with Crippen molar-refractivity contribution in [3.05, 3.63) is 0 Å². The number of thioether (sulfide) groups is 1. The van der Waals surface area contributed by atoms with Crippen LogP contribution in [-0.4, -0.2) is 33.8 Å². The molecule has 0 amide bonds. The van der Waals surface area contributed by atoms with Crippen molar-refractivity contribution in [1.82, 2.24) is 0 Å². The van der Waals surface area contributed by atoms with E-state index in [1.165, 1.54) is 0 Å². The predicted octanol–water partition coefficient (Wildman–Crippen LogP) is 1.75. The number of rotatable bonds is 7. The molecule has 0 heterocycles. The summed E-state index contributed by atoms with van der Waals surface area (Å²) < 4.78 is 0. The van der Waals surface area contributed by atoms with Crippen LogP contribution in [0.3, 0.4) is 0 Å². The molecule has 14 heavy (non-hydrogen) atoms. The van der Waals surface area contributed by atoms with Crippen molar-refractivity contribution in [1.29, 1.82) is 0 Å². The zero-order valence-corrected chi connectivity index (χ0v) is 9.35. The number of carboxylic acid groups (broad SMARTS) is 1. The molecular formula is C10H18O3S. The number of carboxylic acids is 1. The van der Waals surface area contributed by atoms with E-state index in [2.05, 4.69) is 0 Å². The summed E-state index contributed by atoms with van der Waals surface area (Å²) in [6, 6.07) is 0. The lowest BCUT2D eigenvalue weighted by atomic mass is 10.1. The fourth-order valence-electron chi connectivity index (χ4n) is 1.41. The third-order valence-electron chi connectivity index (χ3n) is 2.57. The van der Waals surface area contributed by atoms with Gasteiger partial charge in [0.1, 0.15) is 0 Å². The van der Waals surface area contributed by atoms with Crippen molar-refractivity contribution >= 4 is 17.7 Å². The van der Waals surface area contributed by atoms with Gasteiger partial charge in [0.05, 0.1) is 12.5 Å². The van der Waals surface area contributed by atoms with Crippen LogP contribution in [0, 0.1) is 5.41 Å². The van der Waals surface area contributed by atoms with Gasteiger partial charge in [-0.1, -0.05) is 0 Å². The second-order valence-corrected chi connectivity index (χ2v) is 5.37. The van der Waals surface area contributed by atoms with E-state index in [4.69, 9.17) is 10.2 Å². The first-order chi connectivity index (χ1) is 6.54. The van der Waals surface area contributed by atoms with E-state index in [9.17, 15) is 4.79 Å². The Labute approximate surface area is 88.9 Å². The molecule has 1 rings (SSSR count). The topological polar surface area (TPSA) is 57.5 Å². The molecular weight excluding hydrogens is 200 g/mol. The molecule has 1 aliphatic rings. The maximum Gasteiger partial charge on any atom is 0.303 e. The molecule has 0 saturated heterocycles. The minimum absolute atomic E-state index is 0.0925. The molecule has 3 nitrogen and oxygen atoms in total. The summed E-state index contributed by atoms with van der Waals surface area (Å²) >= 11 is 1.77. The summed E-state index contributed by atoms with van der Waals surface area (Å²) in [5.41, 5.74) is 0.0925. The SMILES string of the molecule is CC(O)CCSCC1(CC(=O)O)CC1. The average Bonchev–Trinajstić information content (AvgIpc) is 2.78. The van der Waals surface area contributed by atoms with Crippen molar-refractivity contribution in [3.8, 4) is 0 Å². The highest BCUT2D eigenvalue weighted by Crippen LogP contribution is 2.51. The van der Waals surface area contributed by atoms with Gasteiger partial charge >= 0.3 is 5.97 Å². The number of carbonyl (C=O) groups is 1. The van der Waals surface area contributed by atoms with E-state index < -0.39 is 5.97 Å². The number of aliphatic carboxylic acids is 1. The summed E-state index contributed by atoms with van der Waals surface area (Å²) in [6.07, 6.45) is 2.99. The van der Waals surface area contributed by atoms with Gasteiger partial charge in [0.25, 0.3) is 0 Å². The average molecular weight is 218 g/mol. The maximum absolute atomic E-state index is 10.5. The minimum atomic E-state index is -0.682. The fraction of sp³-hybridized carbons (Fsp3) is 0.900. The Morgan fingerprint density at radius 2 is 2.21 bits per heavy atom. The van der Waals surface area contributed by atoms with Gasteiger partial charge in [0.15, 0.2) is 0 Å². The Kier molecular flexibility index (Phi) is 4.26. The second-order valence-electron chi connectivity index (χ2n) is 4.26. The second kappa shape index (κ2) is 5.03. The summed E-state index contributed by atoms with van der Waals surface area (Å²) in [6.45, 7) is 1.78. The van der Waals surface area contributed by atoms with Gasteiger partial charge in [0.2, 0.25) is 0 Å². The Bertz CT molecular complexity index is 200. The predicted molar refractivity (Wildman–Crippen MR) is 57.5 cm³/mol. The third kappa shape index (κ3) is 4.33. The van der Waals surface area contributed by atoms with Gasteiger partial charge in [-0.25, -0.2) is 0 Å². The van der Waals surface area contributed by atoms with E-state index in [0.29, 0.717) is 6.42 Å². The summed E-state index contributed by atoms with van der Waals surface area (Å²) in [7, 11) is 0. The molecule has 0 radical (unpaired) electrons. The van der Waals surface area contributed by atoms with Crippen molar-refractivity contribution in [3.63, 3.8) is 0 Å². The zero-order chi connectivity index (χ0) is 10.6. The number of hydrogen-bond donors (Lipinski definition) is 2. The quantitative estimate of drug-likeness (QED) is 0.639. The molecule has 0 aromatic rings. The first kappa shape index (κ1) is 11.9. The molecule has 1 aliphatic carbocycles. The van der Waals surface area contributed by atoms with Gasteiger partial charge < -0.3 is 10.2 Å². The molecule has 82 valence electrons. The molecule has 1 saturated carbocycles. The Morgan fingerprint density at radius 1 is 1.57 bits per heavy atom. The van der Waals surface area contributed by atoms with Gasteiger partial charge in [-0.2, -0.15) is 11.8 Å². The van der Waals surface area contributed by atoms with E-state index in [0.717, 1.165) is 30.8 Å². The van der Waals surface area contributed by atoms with E-state index in [-0.39, 0.29) is 11.5 Å². The van der Waals surface area contributed by atoms with Crippen LogP contribution in [0.15, 0.2) is 0 Å². The number of aliphatic hydroxyl groups is 1. The first-order valence-corrected chi connectivity index (χ1v) is 6.17. The highest BCUT2D eigenvalue weighted by Gasteiger charge is 2.43. The van der Waals surface area contributed by atoms with Crippen molar-refractivity contribution < 1.29 is 15.0 Å². The van der Waals surface area contributed by atoms with E-state index in [1.54, 1.807) is 18.7 Å². The van der Waals surface area contributed by atoms with Crippen molar-refractivity contribution in [2.45, 2.75) is 38.7 Å². The van der Waals surface area contributed by atoms with Crippen LogP contribution < -0.4 is 0 Å². The van der Waals surface area contributed by atoms with Crippen LogP contribution in [-0.2, 0) is 4.79 Å². The van der Waals surface area contributed by atoms with Crippen LogP contribution in [0.5, 0.6) is 0 Å². The fourth-order valence-corrected chi connectivity index (χ4v) is 2.89. The van der Waals surface area contributed by atoms with Crippen LogP contribution in [0.25, 0.3) is 0 Å². The van der Waals surface area contributed by atoms with Gasteiger partial charge in [-0.3, -0.25) is 4.79 Å². The van der Waals surface area contributed by atoms with Crippen LogP contribution in [0.2, 0.25) is 0 Å². The maximum atomic E-state index is 10.5. The molecule has 0 spiro atoms. The molecule has 1 fully saturated rings. The minimum Gasteiger partial charge on any atom is -0.481 e. The lowest BCUT2D eigenvalue weighted by molar-refractivity contribution is -0.138. The smallest absolute Gasteiger partial charge is 0.303 e. The third-order valence-corrected chi connectivity index (χ3v) is 3.91. The normalized spacial score (nSPS) is 20.4. The summed E-state index contributed by atoms with van der Waals surface area (Å²) in [5.74, 6) is 1.18. The number of hydrogen-bond acceptors (Lipinski definition) is 3. The number of aliphatic hydroxyl groups excluding tert-OH is 1. The van der Waals surface area contributed by atoms with Crippen LogP contribution in [0.4, 0.5) is 0 Å². The molecule has 1 unspecified atom stereocenters. The molecule has 0 bridgehead atoms. The Hall–Kier alpha value is -0.220. The highest BCUT2D eigenvalue weighted by molar-refractivity contribution is 7.99. The van der Waals surface area contributed by atoms with E-state index in [1.807, 2.05) is 0 Å². The largest absolute Gasteiger partial charge is 0.481 e. The van der Waals surface area contributed by atoms with Crippen LogP contribution in [0.1, 0.15) is 32.6 Å². The monoisotopic (exact) mass is 218 g/mol. The first-order valence-electron chi connectivity index (χ1n) is 5.02. The van der Waals surface area contributed by atoms with Gasteiger partial charge in [0, 0.05) is 0 Å². The Balaban J connectivity index is 2.09. The van der Waals surface area contributed by atoms with Gasteiger partial charge in [-0.15, -0.1) is 0 Å². The lowest BCUT2D eigenvalue weighted by Crippen LogP contribution is -2.12. The van der Waals surface area contributed by atoms with E-state index >= 15 is 0 Å². The summed E-state index contributed by atoms with van der Waals surface area (Å²) in [5, 5.41) is 17.7. The summed E-state index contributed by atoms with van der Waals surface area (Å²) in [4.78, 5) is 10.5. The molecule has 0 aromatic heterocycles. The van der Waals surface area contributed by atoms with Crippen molar-refractivity contribution in [2.75, 3.05) is 11.5 Å². The lowest BCUT2D eigenvalue weighted by Gasteiger charge is -2.11. The highest BCUT2D eigenvalue weighted by atomic mass is 32.2. The molecule has 0 aromatic carbocycles. The Morgan fingerprint density at radius 3 is 2.64 bits per heavy atom. The standard InChI is InChI=1S/C10H18O3S/c1-8(11)2-5-14-7-10(3-4-10)6-9(12)13/h8,11H,2-7H2,1H3,(H,12,13). The molecule has 2 N–H and O–H groups in total. The van der Waals surface area contributed by atoms with Crippen molar-refractivity contribution in [2.24, 2.45) is 5.41 Å².